The van der Waals surface area contributed by atoms with Gasteiger partial charge in [0, 0.05) is 45.2 Å². The minimum absolute atomic E-state index is 0.0355. The maximum atomic E-state index is 13.2. The molecule has 0 atom stereocenters. The van der Waals surface area contributed by atoms with Crippen LogP contribution < -0.4 is 0 Å². The van der Waals surface area contributed by atoms with Crippen molar-refractivity contribution in [3.63, 3.8) is 0 Å². The van der Waals surface area contributed by atoms with E-state index in [1.165, 1.54) is 6.26 Å². The molecule has 2 aliphatic rings. The van der Waals surface area contributed by atoms with E-state index < -0.39 is 0 Å². The van der Waals surface area contributed by atoms with E-state index in [1.54, 1.807) is 31.1 Å². The Bertz CT molecular complexity index is 936. The van der Waals surface area contributed by atoms with E-state index >= 15 is 0 Å². The quantitative estimate of drug-likeness (QED) is 0.758. The standard InChI is InChI=1S/C22H31N5O3/c1-15(2)27-16(3)23-19-17(27)13-26(20(28)18-7-6-12-30-18)14-22(19)8-10-25(11-9-22)21(29)24(4)5/h6-7,12,15H,8-11,13-14H2,1-5H3. The second-order valence-electron chi connectivity index (χ2n) is 9.00. The van der Waals surface area contributed by atoms with Gasteiger partial charge < -0.3 is 23.7 Å². The Morgan fingerprint density at radius 2 is 1.90 bits per heavy atom. The van der Waals surface area contributed by atoms with Crippen LogP contribution in [0.2, 0.25) is 0 Å². The predicted octanol–water partition coefficient (Wildman–Crippen LogP) is 3.04. The fourth-order valence-corrected chi connectivity index (χ4v) is 5.03. The van der Waals surface area contributed by atoms with Crippen LogP contribution in [0.3, 0.4) is 0 Å². The highest BCUT2D eigenvalue weighted by atomic mass is 16.3. The highest BCUT2D eigenvalue weighted by Gasteiger charge is 2.47. The van der Waals surface area contributed by atoms with Crippen LogP contribution >= 0.6 is 0 Å². The molecule has 1 saturated heterocycles. The van der Waals surface area contributed by atoms with Gasteiger partial charge in [0.2, 0.25) is 0 Å². The number of amides is 3. The summed E-state index contributed by atoms with van der Waals surface area (Å²) in [6, 6.07) is 3.75. The van der Waals surface area contributed by atoms with Crippen LogP contribution in [0.25, 0.3) is 0 Å². The molecule has 0 unspecified atom stereocenters. The molecule has 1 fully saturated rings. The SMILES string of the molecule is Cc1nc2c(n1C(C)C)CN(C(=O)c1ccco1)CC21CCN(C(=O)N(C)C)CC1. The summed E-state index contributed by atoms with van der Waals surface area (Å²) in [4.78, 5) is 36.0. The van der Waals surface area contributed by atoms with Crippen molar-refractivity contribution in [2.45, 2.75) is 51.6 Å². The normalized spacial score (nSPS) is 18.1. The molecule has 4 heterocycles. The van der Waals surface area contributed by atoms with E-state index in [0.717, 1.165) is 30.1 Å². The molecule has 3 amide bonds. The van der Waals surface area contributed by atoms with E-state index in [2.05, 4.69) is 18.4 Å². The van der Waals surface area contributed by atoms with Crippen LogP contribution in [0.5, 0.6) is 0 Å². The summed E-state index contributed by atoms with van der Waals surface area (Å²) in [5, 5.41) is 0. The summed E-state index contributed by atoms with van der Waals surface area (Å²) < 4.78 is 7.64. The van der Waals surface area contributed by atoms with Gasteiger partial charge in [-0.25, -0.2) is 9.78 Å². The van der Waals surface area contributed by atoms with Crippen LogP contribution in [0, 0.1) is 6.92 Å². The van der Waals surface area contributed by atoms with Gasteiger partial charge in [0.1, 0.15) is 5.82 Å². The van der Waals surface area contributed by atoms with Crippen molar-refractivity contribution in [1.82, 2.24) is 24.3 Å². The first kappa shape index (κ1) is 20.5. The number of fused-ring (bicyclic) bond motifs is 2. The molecule has 0 bridgehead atoms. The smallest absolute Gasteiger partial charge is 0.319 e. The van der Waals surface area contributed by atoms with Crippen molar-refractivity contribution in [3.05, 3.63) is 41.4 Å². The number of likely N-dealkylation sites (tertiary alicyclic amines) is 1. The predicted molar refractivity (Wildman–Crippen MR) is 112 cm³/mol. The lowest BCUT2D eigenvalue weighted by atomic mass is 9.72. The van der Waals surface area contributed by atoms with Gasteiger partial charge in [0.25, 0.3) is 5.91 Å². The van der Waals surface area contributed by atoms with Crippen molar-refractivity contribution >= 4 is 11.9 Å². The Morgan fingerprint density at radius 3 is 2.47 bits per heavy atom. The van der Waals surface area contributed by atoms with E-state index in [-0.39, 0.29) is 23.4 Å². The van der Waals surface area contributed by atoms with Gasteiger partial charge in [0.05, 0.1) is 24.2 Å². The second kappa shape index (κ2) is 7.49. The summed E-state index contributed by atoms with van der Waals surface area (Å²) in [6.45, 7) is 8.77. The molecular weight excluding hydrogens is 382 g/mol. The maximum Gasteiger partial charge on any atom is 0.319 e. The second-order valence-corrected chi connectivity index (χ2v) is 9.00. The van der Waals surface area contributed by atoms with Crippen molar-refractivity contribution in [2.24, 2.45) is 0 Å². The molecule has 1 spiro atoms. The Kier molecular flexibility index (Phi) is 5.11. The summed E-state index contributed by atoms with van der Waals surface area (Å²) in [7, 11) is 3.56. The number of hydrogen-bond acceptors (Lipinski definition) is 4. The number of carbonyl (C=O) groups excluding carboxylic acids is 2. The lowest BCUT2D eigenvalue weighted by molar-refractivity contribution is 0.0546. The largest absolute Gasteiger partial charge is 0.459 e. The fourth-order valence-electron chi connectivity index (χ4n) is 5.03. The molecule has 4 rings (SSSR count). The highest BCUT2D eigenvalue weighted by molar-refractivity contribution is 5.91. The molecule has 8 nitrogen and oxygen atoms in total. The zero-order chi connectivity index (χ0) is 21.6. The summed E-state index contributed by atoms with van der Waals surface area (Å²) in [5.74, 6) is 1.25. The molecular formula is C22H31N5O3. The minimum Gasteiger partial charge on any atom is -0.459 e. The van der Waals surface area contributed by atoms with Crippen LogP contribution in [0.1, 0.15) is 60.5 Å². The third kappa shape index (κ3) is 3.28. The lowest BCUT2D eigenvalue weighted by Gasteiger charge is -2.47. The Balaban J connectivity index is 1.71. The number of urea groups is 1. The minimum atomic E-state index is -0.246. The summed E-state index contributed by atoms with van der Waals surface area (Å²) >= 11 is 0. The molecule has 0 aliphatic carbocycles. The average molecular weight is 414 g/mol. The van der Waals surface area contributed by atoms with Crippen molar-refractivity contribution in [3.8, 4) is 0 Å². The molecule has 0 aromatic carbocycles. The average Bonchev–Trinajstić information content (AvgIpc) is 3.35. The zero-order valence-corrected chi connectivity index (χ0v) is 18.5. The van der Waals surface area contributed by atoms with Gasteiger partial charge in [-0.1, -0.05) is 0 Å². The van der Waals surface area contributed by atoms with Gasteiger partial charge in [-0.3, -0.25) is 4.79 Å². The van der Waals surface area contributed by atoms with Crippen molar-refractivity contribution < 1.29 is 14.0 Å². The maximum absolute atomic E-state index is 13.2. The third-order valence-electron chi connectivity index (χ3n) is 6.43. The number of rotatable bonds is 2. The number of aryl methyl sites for hydroxylation is 1. The number of imidazole rings is 1. The van der Waals surface area contributed by atoms with Crippen molar-refractivity contribution in [2.75, 3.05) is 33.7 Å². The van der Waals surface area contributed by atoms with Gasteiger partial charge in [-0.05, 0) is 45.7 Å². The molecule has 2 aliphatic heterocycles. The number of furan rings is 1. The number of hydrogen-bond donors (Lipinski definition) is 0. The summed E-state index contributed by atoms with van der Waals surface area (Å²) in [5.41, 5.74) is 1.97. The number of piperidine rings is 1. The Hall–Kier alpha value is -2.77. The van der Waals surface area contributed by atoms with E-state index in [9.17, 15) is 9.59 Å². The van der Waals surface area contributed by atoms with Gasteiger partial charge in [-0.15, -0.1) is 0 Å². The van der Waals surface area contributed by atoms with Crippen LogP contribution in [0.4, 0.5) is 4.79 Å². The monoisotopic (exact) mass is 413 g/mol. The molecule has 2 aromatic rings. The third-order valence-corrected chi connectivity index (χ3v) is 6.43. The first-order chi connectivity index (χ1) is 14.2. The zero-order valence-electron chi connectivity index (χ0n) is 18.5. The molecule has 2 aromatic heterocycles. The van der Waals surface area contributed by atoms with Crippen LogP contribution in [-0.4, -0.2) is 69.9 Å². The molecule has 8 heteroatoms. The number of aromatic nitrogens is 2. The fraction of sp³-hybridized carbons (Fsp3) is 0.591. The first-order valence-corrected chi connectivity index (χ1v) is 10.6. The van der Waals surface area contributed by atoms with Gasteiger partial charge in [-0.2, -0.15) is 0 Å². The Morgan fingerprint density at radius 1 is 1.20 bits per heavy atom. The van der Waals surface area contributed by atoms with Crippen LogP contribution in [0.15, 0.2) is 22.8 Å². The number of nitrogens with zero attached hydrogens (tertiary/aromatic N) is 5. The molecule has 0 radical (unpaired) electrons. The van der Waals surface area contributed by atoms with Crippen molar-refractivity contribution in [1.29, 1.82) is 0 Å². The topological polar surface area (TPSA) is 74.8 Å². The summed E-state index contributed by atoms with van der Waals surface area (Å²) in [6.07, 6.45) is 3.11. The Labute approximate surface area is 177 Å². The molecule has 30 heavy (non-hydrogen) atoms. The highest BCUT2D eigenvalue weighted by Crippen LogP contribution is 2.43. The first-order valence-electron chi connectivity index (χ1n) is 10.6. The van der Waals surface area contributed by atoms with E-state index in [0.29, 0.717) is 31.9 Å². The van der Waals surface area contributed by atoms with E-state index in [1.807, 2.05) is 16.7 Å². The van der Waals surface area contributed by atoms with Gasteiger partial charge >= 0.3 is 6.03 Å². The lowest BCUT2D eigenvalue weighted by Crippen LogP contribution is -2.55. The van der Waals surface area contributed by atoms with E-state index in [4.69, 9.17) is 9.40 Å². The molecule has 162 valence electrons. The molecule has 0 saturated carbocycles. The molecule has 0 N–H and O–H groups in total. The van der Waals surface area contributed by atoms with Gasteiger partial charge in [0.15, 0.2) is 5.76 Å². The van der Waals surface area contributed by atoms with Crippen LogP contribution in [-0.2, 0) is 12.0 Å². The number of carbonyl (C=O) groups is 2.